The van der Waals surface area contributed by atoms with E-state index in [2.05, 4.69) is 10.6 Å². The van der Waals surface area contributed by atoms with Crippen LogP contribution in [0.15, 0.2) is 18.2 Å². The molecule has 1 aromatic carbocycles. The Morgan fingerprint density at radius 1 is 1.25 bits per heavy atom. The smallest absolute Gasteiger partial charge is 0.261 e. The molecule has 0 aliphatic carbocycles. The number of carbonyl (C=O) groups excluding carboxylic acids is 3. The Balaban J connectivity index is 1.98. The molecule has 1 aromatic rings. The van der Waals surface area contributed by atoms with Gasteiger partial charge in [0.05, 0.1) is 11.1 Å². The van der Waals surface area contributed by atoms with Crippen LogP contribution in [0.25, 0.3) is 0 Å². The summed E-state index contributed by atoms with van der Waals surface area (Å²) in [6.07, 6.45) is 0.769. The van der Waals surface area contributed by atoms with E-state index in [1.54, 1.807) is 18.2 Å². The first-order valence-electron chi connectivity index (χ1n) is 7.35. The quantitative estimate of drug-likeness (QED) is 0.485. The van der Waals surface area contributed by atoms with E-state index in [4.69, 9.17) is 23.8 Å². The molecular weight excluding hydrogens is 350 g/mol. The molecule has 24 heavy (non-hydrogen) atoms. The fourth-order valence-electron chi connectivity index (χ4n) is 2.20. The van der Waals surface area contributed by atoms with Gasteiger partial charge in [0.2, 0.25) is 5.91 Å². The van der Waals surface area contributed by atoms with E-state index in [1.807, 2.05) is 13.8 Å². The van der Waals surface area contributed by atoms with E-state index in [0.29, 0.717) is 23.2 Å². The van der Waals surface area contributed by atoms with Crippen molar-refractivity contribution in [1.82, 2.24) is 10.2 Å². The Hall–Kier alpha value is -1.99. The average molecular weight is 368 g/mol. The molecule has 2 rings (SSSR count). The van der Waals surface area contributed by atoms with Crippen molar-refractivity contribution in [3.63, 3.8) is 0 Å². The van der Waals surface area contributed by atoms with Gasteiger partial charge in [-0.25, -0.2) is 0 Å². The lowest BCUT2D eigenvalue weighted by Gasteiger charge is -2.15. The zero-order chi connectivity index (χ0) is 18.1. The van der Waals surface area contributed by atoms with E-state index >= 15 is 0 Å². The van der Waals surface area contributed by atoms with Crippen molar-refractivity contribution in [2.24, 2.45) is 0 Å². The van der Waals surface area contributed by atoms with Gasteiger partial charge in [-0.05, 0) is 50.7 Å². The first-order chi connectivity index (χ1) is 11.1. The van der Waals surface area contributed by atoms with Gasteiger partial charge >= 0.3 is 0 Å². The average Bonchev–Trinajstić information content (AvgIpc) is 2.69. The molecule has 3 amide bonds. The third-order valence-corrected chi connectivity index (χ3v) is 3.94. The van der Waals surface area contributed by atoms with Crippen LogP contribution in [0, 0.1) is 0 Å². The molecule has 0 atom stereocenters. The summed E-state index contributed by atoms with van der Waals surface area (Å²) in [6.45, 7) is 3.66. The molecule has 0 bridgehead atoms. The number of carbonyl (C=O) groups is 3. The summed E-state index contributed by atoms with van der Waals surface area (Å²) in [4.78, 5) is 36.2. The van der Waals surface area contributed by atoms with Crippen LogP contribution in [0.4, 0.5) is 5.69 Å². The van der Waals surface area contributed by atoms with Gasteiger partial charge in [0.1, 0.15) is 0 Å². The van der Waals surface area contributed by atoms with Crippen LogP contribution >= 0.6 is 23.8 Å². The van der Waals surface area contributed by atoms with E-state index in [0.717, 1.165) is 4.90 Å². The lowest BCUT2D eigenvalue weighted by molar-refractivity contribution is -0.119. The molecule has 0 spiro atoms. The van der Waals surface area contributed by atoms with Gasteiger partial charge in [-0.1, -0.05) is 0 Å². The summed E-state index contributed by atoms with van der Waals surface area (Å²) < 4.78 is 0. The number of hydrogen-bond acceptors (Lipinski definition) is 4. The number of rotatable bonds is 4. The minimum Gasteiger partial charge on any atom is -0.332 e. The lowest BCUT2D eigenvalue weighted by Crippen LogP contribution is -2.34. The molecule has 0 radical (unpaired) electrons. The molecule has 1 aliphatic rings. The summed E-state index contributed by atoms with van der Waals surface area (Å²) >= 11 is 11.1. The maximum absolute atomic E-state index is 12.0. The highest BCUT2D eigenvalue weighted by Gasteiger charge is 2.32. The highest BCUT2D eigenvalue weighted by molar-refractivity contribution is 7.80. The second-order valence-electron chi connectivity index (χ2n) is 6.15. The Bertz CT molecular complexity index is 728. The number of benzene rings is 1. The molecule has 1 heterocycles. The zero-order valence-electron chi connectivity index (χ0n) is 13.6. The normalized spacial score (nSPS) is 13.8. The van der Waals surface area contributed by atoms with Crippen molar-refractivity contribution >= 4 is 52.3 Å². The van der Waals surface area contributed by atoms with Gasteiger partial charge in [0.25, 0.3) is 11.8 Å². The Kier molecular flexibility index (Phi) is 5.25. The molecule has 0 fully saturated rings. The molecule has 128 valence electrons. The Morgan fingerprint density at radius 2 is 1.88 bits per heavy atom. The largest absolute Gasteiger partial charge is 0.332 e. The maximum Gasteiger partial charge on any atom is 0.261 e. The van der Waals surface area contributed by atoms with Gasteiger partial charge in [-0.3, -0.25) is 19.3 Å². The van der Waals surface area contributed by atoms with Crippen molar-refractivity contribution in [2.45, 2.75) is 31.6 Å². The SMILES string of the molecule is CN1C(=O)c2ccc(NC(=S)NC(=O)CCC(C)(C)Cl)cc2C1=O. The van der Waals surface area contributed by atoms with Crippen LogP contribution < -0.4 is 10.6 Å². The Labute approximate surface area is 150 Å². The number of imide groups is 1. The summed E-state index contributed by atoms with van der Waals surface area (Å²) in [5, 5.41) is 5.51. The molecule has 0 saturated heterocycles. The summed E-state index contributed by atoms with van der Waals surface area (Å²) in [7, 11) is 1.43. The first-order valence-corrected chi connectivity index (χ1v) is 8.13. The fraction of sp³-hybridized carbons (Fsp3) is 0.375. The number of anilines is 1. The third kappa shape index (κ3) is 4.30. The zero-order valence-corrected chi connectivity index (χ0v) is 15.2. The molecule has 2 N–H and O–H groups in total. The molecule has 6 nitrogen and oxygen atoms in total. The monoisotopic (exact) mass is 367 g/mol. The number of amides is 3. The van der Waals surface area contributed by atoms with Gasteiger partial charge in [0, 0.05) is 24.0 Å². The maximum atomic E-state index is 12.0. The first kappa shape index (κ1) is 18.4. The van der Waals surface area contributed by atoms with Crippen molar-refractivity contribution < 1.29 is 14.4 Å². The van der Waals surface area contributed by atoms with E-state index in [1.165, 1.54) is 7.05 Å². The molecule has 0 unspecified atom stereocenters. The summed E-state index contributed by atoms with van der Waals surface area (Å²) in [5.74, 6) is -0.938. The number of hydrogen-bond donors (Lipinski definition) is 2. The number of halogens is 1. The Morgan fingerprint density at radius 3 is 2.50 bits per heavy atom. The van der Waals surface area contributed by atoms with Crippen LogP contribution in [-0.4, -0.2) is 39.7 Å². The fourth-order valence-corrected chi connectivity index (χ4v) is 2.53. The molecule has 0 saturated carbocycles. The van der Waals surface area contributed by atoms with Gasteiger partial charge in [-0.15, -0.1) is 11.6 Å². The molecule has 0 aromatic heterocycles. The van der Waals surface area contributed by atoms with E-state index in [-0.39, 0.29) is 29.3 Å². The van der Waals surface area contributed by atoms with Crippen LogP contribution in [0.2, 0.25) is 0 Å². The number of nitrogens with zero attached hydrogens (tertiary/aromatic N) is 1. The van der Waals surface area contributed by atoms with E-state index < -0.39 is 4.87 Å². The minimum atomic E-state index is -0.453. The van der Waals surface area contributed by atoms with Gasteiger partial charge in [-0.2, -0.15) is 0 Å². The lowest BCUT2D eigenvalue weighted by atomic mass is 10.1. The highest BCUT2D eigenvalue weighted by atomic mass is 35.5. The van der Waals surface area contributed by atoms with E-state index in [9.17, 15) is 14.4 Å². The summed E-state index contributed by atoms with van der Waals surface area (Å²) in [5.41, 5.74) is 1.19. The number of fused-ring (bicyclic) bond motifs is 1. The highest BCUT2D eigenvalue weighted by Crippen LogP contribution is 2.24. The van der Waals surface area contributed by atoms with Crippen molar-refractivity contribution in [3.8, 4) is 0 Å². The number of thiocarbonyl (C=S) groups is 1. The topological polar surface area (TPSA) is 78.5 Å². The van der Waals surface area contributed by atoms with Crippen LogP contribution in [0.5, 0.6) is 0 Å². The standard InChI is InChI=1S/C16H18ClN3O3S/c1-16(2,17)7-6-12(21)19-15(24)18-9-4-5-10-11(8-9)14(23)20(3)13(10)22/h4-5,8H,6-7H2,1-3H3,(H2,18,19,21,24). The molecule has 8 heteroatoms. The van der Waals surface area contributed by atoms with Gasteiger partial charge < -0.3 is 10.6 Å². The third-order valence-electron chi connectivity index (χ3n) is 3.55. The molecular formula is C16H18ClN3O3S. The van der Waals surface area contributed by atoms with Crippen LogP contribution in [0.3, 0.4) is 0 Å². The van der Waals surface area contributed by atoms with Crippen LogP contribution in [0.1, 0.15) is 47.4 Å². The molecule has 1 aliphatic heterocycles. The predicted octanol–water partition coefficient (Wildman–Crippen LogP) is 2.52. The van der Waals surface area contributed by atoms with Crippen LogP contribution in [-0.2, 0) is 4.79 Å². The second-order valence-corrected chi connectivity index (χ2v) is 7.58. The number of alkyl halides is 1. The summed E-state index contributed by atoms with van der Waals surface area (Å²) in [6, 6.07) is 4.73. The van der Waals surface area contributed by atoms with Crippen molar-refractivity contribution in [1.29, 1.82) is 0 Å². The minimum absolute atomic E-state index is 0.123. The van der Waals surface area contributed by atoms with Crippen molar-refractivity contribution in [3.05, 3.63) is 29.3 Å². The van der Waals surface area contributed by atoms with Crippen molar-refractivity contribution in [2.75, 3.05) is 12.4 Å². The predicted molar refractivity (Wildman–Crippen MR) is 96.4 cm³/mol. The number of nitrogens with one attached hydrogen (secondary N) is 2. The van der Waals surface area contributed by atoms with Gasteiger partial charge in [0.15, 0.2) is 5.11 Å². The second kappa shape index (κ2) is 6.86.